The van der Waals surface area contributed by atoms with Crippen LogP contribution in [0.5, 0.6) is 0 Å². The third-order valence-corrected chi connectivity index (χ3v) is 7.30. The third-order valence-electron chi connectivity index (χ3n) is 7.30. The number of para-hydroxylation sites is 1. The lowest BCUT2D eigenvalue weighted by Crippen LogP contribution is -2.72. The molecule has 3 aliphatic rings. The number of aromatic nitrogens is 1. The number of piperidine rings is 1. The van der Waals surface area contributed by atoms with Gasteiger partial charge in [-0.2, -0.15) is 4.98 Å². The normalized spacial score (nSPS) is 22.8. The second-order valence-corrected chi connectivity index (χ2v) is 9.22. The minimum absolute atomic E-state index is 0.271. The Morgan fingerprint density at radius 2 is 2.03 bits per heavy atom. The Balaban J connectivity index is 1.60. The summed E-state index contributed by atoms with van der Waals surface area (Å²) in [4.78, 5) is 19.6. The lowest BCUT2D eigenvalue weighted by Gasteiger charge is -2.38. The molecule has 3 heterocycles. The van der Waals surface area contributed by atoms with Crippen LogP contribution in [0, 0.1) is 17.2 Å². The Morgan fingerprint density at radius 1 is 1.22 bits per heavy atom. The van der Waals surface area contributed by atoms with E-state index in [1.807, 2.05) is 41.7 Å². The summed E-state index contributed by atoms with van der Waals surface area (Å²) in [6.07, 6.45) is 5.53. The van der Waals surface area contributed by atoms with Crippen molar-refractivity contribution in [3.8, 4) is 0 Å². The van der Waals surface area contributed by atoms with Crippen LogP contribution >= 0.6 is 0 Å². The highest BCUT2D eigenvalue weighted by Gasteiger charge is 2.37. The molecule has 4 N–H and O–H groups in total. The van der Waals surface area contributed by atoms with Crippen molar-refractivity contribution < 1.29 is 14.8 Å². The summed E-state index contributed by atoms with van der Waals surface area (Å²) in [6, 6.07) is 12.5. The van der Waals surface area contributed by atoms with Gasteiger partial charge in [-0.3, -0.25) is 5.32 Å². The number of nitrogens with zero attached hydrogens (tertiary/aromatic N) is 2. The largest absolute Gasteiger partial charge is 0.464 e. The number of benzene rings is 1. The van der Waals surface area contributed by atoms with Crippen molar-refractivity contribution in [1.29, 1.82) is 5.41 Å². The monoisotopic (exact) mass is 434 g/mol. The van der Waals surface area contributed by atoms with E-state index in [4.69, 9.17) is 15.1 Å². The minimum atomic E-state index is -0.437. The van der Waals surface area contributed by atoms with Gasteiger partial charge in [0.1, 0.15) is 11.3 Å². The zero-order valence-corrected chi connectivity index (χ0v) is 18.6. The number of anilines is 1. The highest BCUT2D eigenvalue weighted by Crippen LogP contribution is 2.37. The van der Waals surface area contributed by atoms with E-state index in [-0.39, 0.29) is 5.92 Å². The van der Waals surface area contributed by atoms with Gasteiger partial charge in [0.15, 0.2) is 5.69 Å². The Morgan fingerprint density at radius 3 is 2.75 bits per heavy atom. The highest BCUT2D eigenvalue weighted by atomic mass is 16.5. The van der Waals surface area contributed by atoms with E-state index < -0.39 is 5.97 Å². The predicted octanol–water partition coefficient (Wildman–Crippen LogP) is 2.75. The first-order valence-corrected chi connectivity index (χ1v) is 11.7. The Hall–Kier alpha value is -2.77. The molecule has 1 aromatic heterocycles. The van der Waals surface area contributed by atoms with Crippen LogP contribution in [0.3, 0.4) is 0 Å². The Labute approximate surface area is 189 Å². The molecule has 2 aliphatic heterocycles. The minimum Gasteiger partial charge on any atom is -0.464 e. The molecule has 1 aromatic carbocycles. The van der Waals surface area contributed by atoms with Crippen LogP contribution in [-0.2, 0) is 4.74 Å². The zero-order valence-electron chi connectivity index (χ0n) is 18.6. The fourth-order valence-electron chi connectivity index (χ4n) is 5.26. The standard InChI is InChI=1S/C25H31N5O2/c1-32-25(31)20-14-21(30-13-11-19-17(15-30)10-12-27-19)22(23(26)16-6-5-7-16)24(29-20)28-18-8-3-2-4-9-18/h2-4,8-9,14,16-17,19,26-27H,5-7,10-13,15H2,1H3,(H,28,29)/p+1. The number of quaternary nitrogens is 1. The molecule has 0 bridgehead atoms. The molecule has 7 nitrogen and oxygen atoms in total. The van der Waals surface area contributed by atoms with Gasteiger partial charge < -0.3 is 20.4 Å². The molecule has 0 amide bonds. The molecule has 7 heteroatoms. The fourth-order valence-corrected chi connectivity index (χ4v) is 5.26. The summed E-state index contributed by atoms with van der Waals surface area (Å²) in [5.41, 5.74) is 3.82. The molecule has 2 atom stereocenters. The first kappa shape index (κ1) is 21.1. The molecule has 0 radical (unpaired) electrons. The van der Waals surface area contributed by atoms with Gasteiger partial charge >= 0.3 is 5.97 Å². The summed E-state index contributed by atoms with van der Waals surface area (Å²) in [5.74, 6) is 1.13. The van der Waals surface area contributed by atoms with Crippen molar-refractivity contribution in [3.63, 3.8) is 0 Å². The number of esters is 1. The number of nitrogens with two attached hydrogens (primary N) is 1. The summed E-state index contributed by atoms with van der Waals surface area (Å²) in [5, 5.41) is 14.7. The topological polar surface area (TPSA) is 94.9 Å². The second kappa shape index (κ2) is 9.00. The van der Waals surface area contributed by atoms with Crippen molar-refractivity contribution in [2.45, 2.75) is 38.1 Å². The number of carbonyl (C=O) groups excluding carboxylic acids is 1. The lowest BCUT2D eigenvalue weighted by molar-refractivity contribution is -0.483. The van der Waals surface area contributed by atoms with E-state index in [0.717, 1.165) is 55.8 Å². The van der Waals surface area contributed by atoms with E-state index in [9.17, 15) is 4.79 Å². The molecule has 32 heavy (non-hydrogen) atoms. The highest BCUT2D eigenvalue weighted by molar-refractivity contribution is 6.08. The number of pyridine rings is 1. The van der Waals surface area contributed by atoms with Crippen molar-refractivity contribution >= 4 is 28.9 Å². The molecule has 2 unspecified atom stereocenters. The van der Waals surface area contributed by atoms with E-state index >= 15 is 0 Å². The smallest absolute Gasteiger partial charge is 0.356 e. The Bertz CT molecular complexity index is 1000. The van der Waals surface area contributed by atoms with Crippen LogP contribution in [0.25, 0.3) is 0 Å². The maximum absolute atomic E-state index is 12.5. The second-order valence-electron chi connectivity index (χ2n) is 9.22. The maximum atomic E-state index is 12.5. The van der Waals surface area contributed by atoms with Gasteiger partial charge in [-0.15, -0.1) is 0 Å². The zero-order chi connectivity index (χ0) is 22.1. The summed E-state index contributed by atoms with van der Waals surface area (Å²) in [6.45, 7) is 2.93. The lowest BCUT2D eigenvalue weighted by atomic mass is 9.78. The first-order chi connectivity index (χ1) is 15.6. The number of methoxy groups -OCH3 is 1. The number of ether oxygens (including phenoxy) is 1. The molecule has 3 fully saturated rings. The van der Waals surface area contributed by atoms with Crippen LogP contribution in [0.15, 0.2) is 36.4 Å². The molecule has 2 saturated heterocycles. The summed E-state index contributed by atoms with van der Waals surface area (Å²) < 4.78 is 5.04. The number of hydrogen-bond acceptors (Lipinski definition) is 6. The predicted molar refractivity (Wildman–Crippen MR) is 124 cm³/mol. The van der Waals surface area contributed by atoms with Crippen LogP contribution < -0.4 is 15.5 Å². The first-order valence-electron chi connectivity index (χ1n) is 11.7. The maximum Gasteiger partial charge on any atom is 0.356 e. The van der Waals surface area contributed by atoms with Crippen LogP contribution in [0.2, 0.25) is 0 Å². The summed E-state index contributed by atoms with van der Waals surface area (Å²) >= 11 is 0. The van der Waals surface area contributed by atoms with Crippen molar-refractivity contribution in [2.75, 3.05) is 31.6 Å². The van der Waals surface area contributed by atoms with Gasteiger partial charge in [-0.05, 0) is 56.3 Å². The van der Waals surface area contributed by atoms with Crippen LogP contribution in [-0.4, -0.2) is 49.5 Å². The van der Waals surface area contributed by atoms with Gasteiger partial charge in [0.05, 0.1) is 18.5 Å². The van der Waals surface area contributed by atoms with Gasteiger partial charge in [0.2, 0.25) is 5.82 Å². The van der Waals surface area contributed by atoms with Gasteiger partial charge in [-0.1, -0.05) is 24.6 Å². The average Bonchev–Trinajstić information content (AvgIpc) is 3.25. The number of fused-ring (bicyclic) bond motifs is 1. The SMILES string of the molecule is COC(=O)c1cc(N2CCC3NCCC3C2)c(C(=N)C2CCC2)c([NH2+]c2ccccc2)n1. The molecule has 1 saturated carbocycles. The van der Waals surface area contributed by atoms with Gasteiger partial charge in [0.25, 0.3) is 0 Å². The molecule has 1 aliphatic carbocycles. The molecular weight excluding hydrogens is 402 g/mol. The van der Waals surface area contributed by atoms with Crippen molar-refractivity contribution in [1.82, 2.24) is 10.3 Å². The quantitative estimate of drug-likeness (QED) is 0.369. The van der Waals surface area contributed by atoms with E-state index in [2.05, 4.69) is 10.2 Å². The molecule has 5 rings (SSSR count). The van der Waals surface area contributed by atoms with E-state index in [1.54, 1.807) is 0 Å². The molecule has 168 valence electrons. The van der Waals surface area contributed by atoms with Gasteiger partial charge in [-0.25, -0.2) is 4.79 Å². The van der Waals surface area contributed by atoms with Gasteiger partial charge in [0, 0.05) is 25.0 Å². The molecule has 2 aromatic rings. The van der Waals surface area contributed by atoms with E-state index in [1.165, 1.54) is 20.0 Å². The van der Waals surface area contributed by atoms with Crippen LogP contribution in [0.4, 0.5) is 17.2 Å². The molecule has 0 spiro atoms. The Kier molecular flexibility index (Phi) is 5.93. The van der Waals surface area contributed by atoms with Crippen molar-refractivity contribution in [2.24, 2.45) is 11.8 Å². The van der Waals surface area contributed by atoms with Crippen LogP contribution in [0.1, 0.15) is 48.2 Å². The number of rotatable bonds is 6. The number of carbonyl (C=O) groups is 1. The van der Waals surface area contributed by atoms with E-state index in [0.29, 0.717) is 29.2 Å². The summed E-state index contributed by atoms with van der Waals surface area (Å²) in [7, 11) is 1.39. The number of hydrogen-bond donors (Lipinski definition) is 3. The average molecular weight is 435 g/mol. The fraction of sp³-hybridized carbons (Fsp3) is 0.480. The van der Waals surface area contributed by atoms with Crippen molar-refractivity contribution in [3.05, 3.63) is 47.7 Å². The molecular formula is C25H32N5O2+. The third kappa shape index (κ3) is 4.02. The number of nitrogens with one attached hydrogen (secondary N) is 2.